The summed E-state index contributed by atoms with van der Waals surface area (Å²) >= 11 is 4.96. The molecular weight excluding hydrogens is 278 g/mol. The molecule has 6 heteroatoms. The number of rotatable bonds is 3. The highest BCUT2D eigenvalue weighted by molar-refractivity contribution is 9.11. The van der Waals surface area contributed by atoms with E-state index >= 15 is 0 Å². The molecule has 0 aliphatic heterocycles. The van der Waals surface area contributed by atoms with Gasteiger partial charge in [-0.25, -0.2) is 4.98 Å². The predicted octanol–water partition coefficient (Wildman–Crippen LogP) is 2.07. The first-order valence-electron chi connectivity index (χ1n) is 4.47. The van der Waals surface area contributed by atoms with E-state index in [-0.39, 0.29) is 6.61 Å². The molecule has 0 spiro atoms. The van der Waals surface area contributed by atoms with E-state index in [1.165, 1.54) is 0 Å². The first-order chi connectivity index (χ1) is 7.22. The van der Waals surface area contributed by atoms with Crippen LogP contribution in [0.2, 0.25) is 0 Å². The topological polar surface area (TPSA) is 50.9 Å². The molecular formula is C9H10BrN3OS. The molecule has 0 aliphatic carbocycles. The van der Waals surface area contributed by atoms with Crippen LogP contribution in [0.25, 0.3) is 10.6 Å². The summed E-state index contributed by atoms with van der Waals surface area (Å²) in [4.78, 5) is 4.28. The SMILES string of the molecule is Cc1c(-c2ncc(Br)s2)cnn1CCO. The quantitative estimate of drug-likeness (QED) is 0.940. The minimum Gasteiger partial charge on any atom is -0.394 e. The molecule has 0 saturated carbocycles. The minimum atomic E-state index is 0.101. The van der Waals surface area contributed by atoms with Crippen molar-refractivity contribution in [3.8, 4) is 10.6 Å². The molecule has 4 nitrogen and oxygen atoms in total. The number of thiazole rings is 1. The molecule has 2 heterocycles. The number of halogens is 1. The zero-order chi connectivity index (χ0) is 10.8. The van der Waals surface area contributed by atoms with Crippen LogP contribution >= 0.6 is 27.3 Å². The third kappa shape index (κ3) is 2.11. The zero-order valence-electron chi connectivity index (χ0n) is 8.14. The van der Waals surface area contributed by atoms with Gasteiger partial charge in [0, 0.05) is 5.69 Å². The summed E-state index contributed by atoms with van der Waals surface area (Å²) < 4.78 is 2.79. The van der Waals surface area contributed by atoms with Crippen molar-refractivity contribution in [3.63, 3.8) is 0 Å². The Balaban J connectivity index is 2.37. The maximum Gasteiger partial charge on any atom is 0.127 e. The van der Waals surface area contributed by atoms with Gasteiger partial charge in [0.1, 0.15) is 5.01 Å². The number of hydrogen-bond acceptors (Lipinski definition) is 4. The second-order valence-electron chi connectivity index (χ2n) is 3.06. The fourth-order valence-electron chi connectivity index (χ4n) is 1.36. The third-order valence-electron chi connectivity index (χ3n) is 2.12. The van der Waals surface area contributed by atoms with Crippen molar-refractivity contribution in [2.45, 2.75) is 13.5 Å². The van der Waals surface area contributed by atoms with Crippen LogP contribution in [-0.2, 0) is 6.54 Å². The highest BCUT2D eigenvalue weighted by Gasteiger charge is 2.11. The average molecular weight is 288 g/mol. The van der Waals surface area contributed by atoms with Crippen molar-refractivity contribution in [1.29, 1.82) is 0 Å². The van der Waals surface area contributed by atoms with E-state index in [1.807, 2.05) is 6.92 Å². The number of aliphatic hydroxyl groups is 1. The Bertz CT molecular complexity index is 466. The Morgan fingerprint density at radius 2 is 2.33 bits per heavy atom. The number of hydrogen-bond donors (Lipinski definition) is 1. The van der Waals surface area contributed by atoms with Gasteiger partial charge in [-0.2, -0.15) is 5.10 Å². The lowest BCUT2D eigenvalue weighted by Gasteiger charge is -2.01. The van der Waals surface area contributed by atoms with E-state index in [9.17, 15) is 0 Å². The molecule has 0 aliphatic rings. The van der Waals surface area contributed by atoms with Crippen molar-refractivity contribution in [2.75, 3.05) is 6.61 Å². The lowest BCUT2D eigenvalue weighted by Crippen LogP contribution is -2.05. The Labute approximate surface area is 99.7 Å². The summed E-state index contributed by atoms with van der Waals surface area (Å²) in [5.41, 5.74) is 2.06. The summed E-state index contributed by atoms with van der Waals surface area (Å²) in [6, 6.07) is 0. The van der Waals surface area contributed by atoms with Gasteiger partial charge in [0.25, 0.3) is 0 Å². The average Bonchev–Trinajstić information content (AvgIpc) is 2.76. The highest BCUT2D eigenvalue weighted by atomic mass is 79.9. The summed E-state index contributed by atoms with van der Waals surface area (Å²) in [7, 11) is 0. The standard InChI is InChI=1S/C9H10BrN3OS/c1-6-7(4-12-13(6)2-3-14)9-11-5-8(10)15-9/h4-5,14H,2-3H2,1H3. The largest absolute Gasteiger partial charge is 0.394 e. The van der Waals surface area contributed by atoms with Crippen LogP contribution in [0.3, 0.4) is 0 Å². The van der Waals surface area contributed by atoms with Crippen molar-refractivity contribution < 1.29 is 5.11 Å². The van der Waals surface area contributed by atoms with Crippen LogP contribution in [0.1, 0.15) is 5.69 Å². The lowest BCUT2D eigenvalue weighted by atomic mass is 10.3. The van der Waals surface area contributed by atoms with Gasteiger partial charge in [-0.1, -0.05) is 0 Å². The molecule has 1 N–H and O–H groups in total. The van der Waals surface area contributed by atoms with Crippen LogP contribution in [0.5, 0.6) is 0 Å². The summed E-state index contributed by atoms with van der Waals surface area (Å²) in [5, 5.41) is 14.0. The Kier molecular flexibility index (Phi) is 3.18. The molecule has 0 unspecified atom stereocenters. The second kappa shape index (κ2) is 4.42. The molecule has 0 amide bonds. The molecule has 2 aromatic heterocycles. The van der Waals surface area contributed by atoms with Gasteiger partial charge >= 0.3 is 0 Å². The van der Waals surface area contributed by atoms with Crippen LogP contribution in [0.4, 0.5) is 0 Å². The Morgan fingerprint density at radius 3 is 2.93 bits per heavy atom. The van der Waals surface area contributed by atoms with E-state index in [0.717, 1.165) is 20.1 Å². The smallest absolute Gasteiger partial charge is 0.127 e. The molecule has 80 valence electrons. The van der Waals surface area contributed by atoms with E-state index in [1.54, 1.807) is 28.4 Å². The van der Waals surface area contributed by atoms with Crippen LogP contribution < -0.4 is 0 Å². The molecule has 2 rings (SSSR count). The fraction of sp³-hybridized carbons (Fsp3) is 0.333. The van der Waals surface area contributed by atoms with E-state index in [2.05, 4.69) is 26.0 Å². The summed E-state index contributed by atoms with van der Waals surface area (Å²) in [5.74, 6) is 0. The molecule has 15 heavy (non-hydrogen) atoms. The fourth-order valence-corrected chi connectivity index (χ4v) is 2.62. The second-order valence-corrected chi connectivity index (χ2v) is 5.47. The summed E-state index contributed by atoms with van der Waals surface area (Å²) in [6.45, 7) is 2.61. The minimum absolute atomic E-state index is 0.101. The molecule has 2 aromatic rings. The molecule has 0 radical (unpaired) electrons. The van der Waals surface area contributed by atoms with E-state index in [0.29, 0.717) is 6.54 Å². The highest BCUT2D eigenvalue weighted by Crippen LogP contribution is 2.30. The number of aliphatic hydroxyl groups excluding tert-OH is 1. The van der Waals surface area contributed by atoms with Gasteiger partial charge in [0.2, 0.25) is 0 Å². The van der Waals surface area contributed by atoms with Gasteiger partial charge in [-0.05, 0) is 22.9 Å². The molecule has 0 aromatic carbocycles. The van der Waals surface area contributed by atoms with Gasteiger partial charge in [-0.15, -0.1) is 11.3 Å². The van der Waals surface area contributed by atoms with Crippen molar-refractivity contribution in [1.82, 2.24) is 14.8 Å². The van der Waals surface area contributed by atoms with E-state index < -0.39 is 0 Å². The number of aromatic nitrogens is 3. The van der Waals surface area contributed by atoms with Crippen LogP contribution in [-0.4, -0.2) is 26.5 Å². The number of nitrogens with zero attached hydrogens (tertiary/aromatic N) is 3. The van der Waals surface area contributed by atoms with Gasteiger partial charge in [0.15, 0.2) is 0 Å². The van der Waals surface area contributed by atoms with Gasteiger partial charge in [-0.3, -0.25) is 4.68 Å². The summed E-state index contributed by atoms with van der Waals surface area (Å²) in [6.07, 6.45) is 3.57. The van der Waals surface area contributed by atoms with Gasteiger partial charge in [0.05, 0.1) is 34.9 Å². The Hall–Kier alpha value is -0.720. The van der Waals surface area contributed by atoms with Crippen molar-refractivity contribution in [3.05, 3.63) is 21.9 Å². The molecule has 0 saturated heterocycles. The van der Waals surface area contributed by atoms with E-state index in [4.69, 9.17) is 5.11 Å². The molecule has 0 bridgehead atoms. The Morgan fingerprint density at radius 1 is 1.53 bits per heavy atom. The predicted molar refractivity (Wildman–Crippen MR) is 62.9 cm³/mol. The monoisotopic (exact) mass is 287 g/mol. The van der Waals surface area contributed by atoms with Crippen molar-refractivity contribution in [2.24, 2.45) is 0 Å². The van der Waals surface area contributed by atoms with Gasteiger partial charge < -0.3 is 5.11 Å². The maximum absolute atomic E-state index is 8.85. The lowest BCUT2D eigenvalue weighted by molar-refractivity contribution is 0.268. The molecule has 0 atom stereocenters. The van der Waals surface area contributed by atoms with Crippen LogP contribution in [0, 0.1) is 6.92 Å². The normalized spacial score (nSPS) is 10.9. The van der Waals surface area contributed by atoms with Crippen LogP contribution in [0.15, 0.2) is 16.2 Å². The first-order valence-corrected chi connectivity index (χ1v) is 6.08. The molecule has 0 fully saturated rings. The van der Waals surface area contributed by atoms with Crippen molar-refractivity contribution >= 4 is 27.3 Å². The zero-order valence-corrected chi connectivity index (χ0v) is 10.5. The maximum atomic E-state index is 8.85. The third-order valence-corrected chi connectivity index (χ3v) is 3.63. The first kappa shape index (κ1) is 10.8.